The summed E-state index contributed by atoms with van der Waals surface area (Å²) in [5.74, 6) is 3.46. The van der Waals surface area contributed by atoms with Crippen LogP contribution in [0.2, 0.25) is 0 Å². The van der Waals surface area contributed by atoms with Crippen molar-refractivity contribution in [3.8, 4) is 11.5 Å². The second-order valence-electron chi connectivity index (χ2n) is 8.19. The fourth-order valence-electron chi connectivity index (χ4n) is 3.97. The standard InChI is InChI=1S/C29H27F3O2S2/c1-33-25-14-6-21(7-15-25)27(22-8-16-26(34-2)17-9-22)5-3-18-28(35-19-4-20-36-28)23-10-12-24(13-11-23)29(30,31)32/h3,5-18H,4,19-20H2,1-2H3/b18-3+. The van der Waals surface area contributed by atoms with Gasteiger partial charge in [-0.1, -0.05) is 54.6 Å². The second kappa shape index (κ2) is 11.5. The predicted octanol–water partition coefficient (Wildman–Crippen LogP) is 8.43. The maximum Gasteiger partial charge on any atom is 0.416 e. The lowest BCUT2D eigenvalue weighted by Crippen LogP contribution is -2.20. The summed E-state index contributed by atoms with van der Waals surface area (Å²) >= 11 is 3.53. The lowest BCUT2D eigenvalue weighted by Gasteiger charge is -2.34. The molecule has 1 fully saturated rings. The van der Waals surface area contributed by atoms with Crippen LogP contribution >= 0.6 is 23.5 Å². The highest BCUT2D eigenvalue weighted by molar-refractivity contribution is 8.18. The van der Waals surface area contributed by atoms with E-state index in [-0.39, 0.29) is 0 Å². The molecule has 0 unspecified atom stereocenters. The molecule has 0 aromatic heterocycles. The summed E-state index contributed by atoms with van der Waals surface area (Å²) in [7, 11) is 3.27. The van der Waals surface area contributed by atoms with E-state index < -0.39 is 15.8 Å². The number of rotatable bonds is 7. The van der Waals surface area contributed by atoms with E-state index in [0.29, 0.717) is 0 Å². The van der Waals surface area contributed by atoms with Gasteiger partial charge in [-0.15, -0.1) is 23.5 Å². The topological polar surface area (TPSA) is 18.5 Å². The molecule has 0 spiro atoms. The number of thioether (sulfide) groups is 2. The minimum atomic E-state index is -4.34. The Morgan fingerprint density at radius 3 is 1.72 bits per heavy atom. The van der Waals surface area contributed by atoms with Crippen molar-refractivity contribution >= 4 is 29.1 Å². The van der Waals surface area contributed by atoms with E-state index in [1.165, 1.54) is 12.1 Å². The number of allylic oxidation sites excluding steroid dienone is 2. The minimum Gasteiger partial charge on any atom is -0.497 e. The second-order valence-corrected chi connectivity index (χ2v) is 11.1. The van der Waals surface area contributed by atoms with E-state index in [1.54, 1.807) is 49.9 Å². The molecule has 4 rings (SSSR count). The van der Waals surface area contributed by atoms with Gasteiger partial charge in [0.15, 0.2) is 0 Å². The van der Waals surface area contributed by atoms with Gasteiger partial charge in [0.1, 0.15) is 15.6 Å². The number of benzene rings is 3. The Bertz CT molecular complexity index is 1140. The third-order valence-corrected chi connectivity index (χ3v) is 9.21. The zero-order chi connectivity index (χ0) is 25.6. The Balaban J connectivity index is 1.71. The smallest absolute Gasteiger partial charge is 0.416 e. The van der Waals surface area contributed by atoms with Crippen LogP contribution in [-0.4, -0.2) is 25.7 Å². The number of alkyl halides is 3. The van der Waals surface area contributed by atoms with E-state index >= 15 is 0 Å². The zero-order valence-electron chi connectivity index (χ0n) is 20.0. The number of ether oxygens (including phenoxy) is 2. The van der Waals surface area contributed by atoms with Crippen molar-refractivity contribution in [3.05, 3.63) is 113 Å². The van der Waals surface area contributed by atoms with Gasteiger partial charge in [0.25, 0.3) is 0 Å². The summed E-state index contributed by atoms with van der Waals surface area (Å²) in [4.78, 5) is 0. The van der Waals surface area contributed by atoms with Crippen molar-refractivity contribution in [2.75, 3.05) is 25.7 Å². The quantitative estimate of drug-likeness (QED) is 0.286. The van der Waals surface area contributed by atoms with Gasteiger partial charge in [0, 0.05) is 0 Å². The van der Waals surface area contributed by atoms with Gasteiger partial charge in [-0.2, -0.15) is 13.2 Å². The molecule has 1 aliphatic rings. The first-order valence-electron chi connectivity index (χ1n) is 11.5. The summed E-state index contributed by atoms with van der Waals surface area (Å²) in [6.07, 6.45) is 2.92. The van der Waals surface area contributed by atoms with E-state index in [9.17, 15) is 13.2 Å². The Kier molecular flexibility index (Phi) is 8.42. The molecular weight excluding hydrogens is 501 g/mol. The average molecular weight is 529 g/mol. The van der Waals surface area contributed by atoms with Crippen LogP contribution in [-0.2, 0) is 10.3 Å². The molecule has 36 heavy (non-hydrogen) atoms. The molecule has 0 aliphatic carbocycles. The maximum atomic E-state index is 13.1. The molecule has 7 heteroatoms. The molecule has 0 radical (unpaired) electrons. The fourth-order valence-corrected chi connectivity index (χ4v) is 7.13. The number of hydrogen-bond acceptors (Lipinski definition) is 4. The van der Waals surface area contributed by atoms with Crippen LogP contribution in [0, 0.1) is 0 Å². The lowest BCUT2D eigenvalue weighted by molar-refractivity contribution is -0.137. The van der Waals surface area contributed by atoms with Crippen molar-refractivity contribution in [1.82, 2.24) is 0 Å². The van der Waals surface area contributed by atoms with Gasteiger partial charge in [-0.05, 0) is 76.6 Å². The van der Waals surface area contributed by atoms with Crippen molar-refractivity contribution < 1.29 is 22.6 Å². The van der Waals surface area contributed by atoms with E-state index in [0.717, 1.165) is 51.7 Å². The highest BCUT2D eigenvalue weighted by atomic mass is 32.2. The van der Waals surface area contributed by atoms with Gasteiger partial charge in [0.2, 0.25) is 0 Å². The summed E-state index contributed by atoms with van der Waals surface area (Å²) in [6.45, 7) is 0. The van der Waals surface area contributed by atoms with E-state index in [1.807, 2.05) is 54.6 Å². The van der Waals surface area contributed by atoms with Crippen LogP contribution in [0.5, 0.6) is 11.5 Å². The first-order valence-corrected chi connectivity index (χ1v) is 13.5. The number of hydrogen-bond donors (Lipinski definition) is 0. The molecule has 0 N–H and O–H groups in total. The Morgan fingerprint density at radius 1 is 0.778 bits per heavy atom. The largest absolute Gasteiger partial charge is 0.497 e. The average Bonchev–Trinajstić information content (AvgIpc) is 2.91. The Morgan fingerprint density at radius 2 is 1.28 bits per heavy atom. The normalized spacial score (nSPS) is 15.5. The fraction of sp³-hybridized carbons (Fsp3) is 0.241. The molecule has 0 atom stereocenters. The van der Waals surface area contributed by atoms with Crippen LogP contribution in [0.3, 0.4) is 0 Å². The maximum absolute atomic E-state index is 13.1. The van der Waals surface area contributed by atoms with Crippen molar-refractivity contribution in [2.45, 2.75) is 16.7 Å². The molecule has 188 valence electrons. The van der Waals surface area contributed by atoms with Gasteiger partial charge in [-0.3, -0.25) is 0 Å². The van der Waals surface area contributed by atoms with Gasteiger partial charge < -0.3 is 9.47 Å². The third kappa shape index (κ3) is 6.13. The first-order chi connectivity index (χ1) is 17.3. The lowest BCUT2D eigenvalue weighted by atomic mass is 9.97. The Labute approximate surface area is 218 Å². The van der Waals surface area contributed by atoms with Crippen LogP contribution in [0.1, 0.15) is 28.7 Å². The monoisotopic (exact) mass is 528 g/mol. The molecule has 3 aromatic rings. The SMILES string of the molecule is COc1ccc(C(=C/C=C/C2(c3ccc(C(F)(F)F)cc3)SCCCS2)c2ccc(OC)cc2)cc1. The molecule has 2 nitrogen and oxygen atoms in total. The zero-order valence-corrected chi connectivity index (χ0v) is 21.7. The molecular formula is C29H27F3O2S2. The highest BCUT2D eigenvalue weighted by Crippen LogP contribution is 2.51. The predicted molar refractivity (Wildman–Crippen MR) is 145 cm³/mol. The van der Waals surface area contributed by atoms with Crippen molar-refractivity contribution in [3.63, 3.8) is 0 Å². The minimum absolute atomic E-state index is 0.441. The number of halogens is 3. The van der Waals surface area contributed by atoms with Gasteiger partial charge >= 0.3 is 6.18 Å². The highest BCUT2D eigenvalue weighted by Gasteiger charge is 2.35. The summed E-state index contributed by atoms with van der Waals surface area (Å²) in [5.41, 5.74) is 3.31. The van der Waals surface area contributed by atoms with Crippen LogP contribution in [0.25, 0.3) is 5.57 Å². The summed E-state index contributed by atoms with van der Waals surface area (Å²) in [5, 5.41) is 0. The van der Waals surface area contributed by atoms with Crippen LogP contribution in [0.4, 0.5) is 13.2 Å². The van der Waals surface area contributed by atoms with Crippen molar-refractivity contribution in [2.24, 2.45) is 0 Å². The van der Waals surface area contributed by atoms with E-state index in [2.05, 4.69) is 12.2 Å². The van der Waals surface area contributed by atoms with E-state index in [4.69, 9.17) is 9.47 Å². The molecule has 0 amide bonds. The molecule has 0 saturated carbocycles. The third-order valence-electron chi connectivity index (χ3n) is 5.92. The van der Waals surface area contributed by atoms with Gasteiger partial charge in [0.05, 0.1) is 19.8 Å². The van der Waals surface area contributed by atoms with Gasteiger partial charge in [-0.25, -0.2) is 0 Å². The van der Waals surface area contributed by atoms with Crippen LogP contribution < -0.4 is 9.47 Å². The number of methoxy groups -OCH3 is 2. The summed E-state index contributed by atoms with van der Waals surface area (Å²) < 4.78 is 49.5. The first kappa shape index (κ1) is 26.3. The van der Waals surface area contributed by atoms with Crippen LogP contribution in [0.15, 0.2) is 91.0 Å². The molecule has 1 saturated heterocycles. The summed E-state index contributed by atoms with van der Waals surface area (Å²) in [6, 6.07) is 21.3. The molecule has 0 bridgehead atoms. The molecule has 1 aliphatic heterocycles. The Hall–Kier alpha value is -2.77. The molecule has 3 aromatic carbocycles. The van der Waals surface area contributed by atoms with Crippen molar-refractivity contribution in [1.29, 1.82) is 0 Å². The molecule has 1 heterocycles.